The molecule has 0 aliphatic heterocycles. The summed E-state index contributed by atoms with van der Waals surface area (Å²) in [4.78, 5) is 36.8. The van der Waals surface area contributed by atoms with E-state index in [-0.39, 0.29) is 12.1 Å². The summed E-state index contributed by atoms with van der Waals surface area (Å²) in [5, 5.41) is 11.5. The average molecular weight is 252 g/mol. The molecule has 0 saturated heterocycles. The molecular weight excluding hydrogens is 236 g/mol. The third kappa shape index (κ3) is 2.97. The zero-order valence-corrected chi connectivity index (χ0v) is 10.3. The van der Waals surface area contributed by atoms with Crippen LogP contribution in [0.25, 0.3) is 0 Å². The highest BCUT2D eigenvalue weighted by Crippen LogP contribution is 2.19. The van der Waals surface area contributed by atoms with Crippen LogP contribution in [-0.2, 0) is 4.79 Å². The van der Waals surface area contributed by atoms with E-state index in [4.69, 9.17) is 5.11 Å². The van der Waals surface area contributed by atoms with Crippen LogP contribution >= 0.6 is 0 Å². The minimum absolute atomic E-state index is 0.0218. The summed E-state index contributed by atoms with van der Waals surface area (Å²) in [5.74, 6) is -1.55. The standard InChI is InChI=1S/C12H16N2O4/c1-3-12(2,11(17)18)7-14-10(16)8-6-13-5-4-9(8)15/h4-6H,3,7H2,1-2H3,(H,13,15)(H,14,16)(H,17,18). The molecule has 1 amide bonds. The van der Waals surface area contributed by atoms with Gasteiger partial charge in [0.05, 0.1) is 5.41 Å². The third-order valence-electron chi connectivity index (χ3n) is 3.00. The van der Waals surface area contributed by atoms with E-state index in [9.17, 15) is 14.4 Å². The van der Waals surface area contributed by atoms with E-state index < -0.39 is 22.7 Å². The number of H-pyrrole nitrogens is 1. The molecular formula is C12H16N2O4. The van der Waals surface area contributed by atoms with E-state index in [1.54, 1.807) is 13.8 Å². The van der Waals surface area contributed by atoms with Crippen LogP contribution in [0.2, 0.25) is 0 Å². The average Bonchev–Trinajstić information content (AvgIpc) is 2.35. The summed E-state index contributed by atoms with van der Waals surface area (Å²) in [6.45, 7) is 3.26. The molecule has 6 heteroatoms. The maximum absolute atomic E-state index is 11.7. The summed E-state index contributed by atoms with van der Waals surface area (Å²) in [7, 11) is 0. The Kier molecular flexibility index (Phi) is 4.25. The van der Waals surface area contributed by atoms with Crippen LogP contribution in [0.3, 0.4) is 0 Å². The number of carbonyl (C=O) groups excluding carboxylic acids is 1. The number of carbonyl (C=O) groups is 2. The number of aliphatic carboxylic acids is 1. The van der Waals surface area contributed by atoms with Crippen molar-refractivity contribution in [2.24, 2.45) is 5.41 Å². The van der Waals surface area contributed by atoms with Crippen LogP contribution in [0, 0.1) is 5.41 Å². The molecule has 1 rings (SSSR count). The highest BCUT2D eigenvalue weighted by atomic mass is 16.4. The lowest BCUT2D eigenvalue weighted by Gasteiger charge is -2.23. The number of pyridine rings is 1. The molecule has 3 N–H and O–H groups in total. The van der Waals surface area contributed by atoms with Crippen molar-refractivity contribution in [3.05, 3.63) is 34.2 Å². The van der Waals surface area contributed by atoms with Gasteiger partial charge in [-0.25, -0.2) is 0 Å². The minimum Gasteiger partial charge on any atom is -0.481 e. The van der Waals surface area contributed by atoms with Gasteiger partial charge in [0.15, 0.2) is 5.43 Å². The van der Waals surface area contributed by atoms with Crippen LogP contribution in [0.5, 0.6) is 0 Å². The first-order chi connectivity index (χ1) is 8.40. The Morgan fingerprint density at radius 1 is 1.50 bits per heavy atom. The fourth-order valence-corrected chi connectivity index (χ4v) is 1.32. The molecule has 98 valence electrons. The topological polar surface area (TPSA) is 99.3 Å². The fourth-order valence-electron chi connectivity index (χ4n) is 1.32. The largest absolute Gasteiger partial charge is 0.481 e. The van der Waals surface area contributed by atoms with E-state index in [0.717, 1.165) is 0 Å². The second-order valence-corrected chi connectivity index (χ2v) is 4.32. The van der Waals surface area contributed by atoms with Gasteiger partial charge in [-0.3, -0.25) is 14.4 Å². The van der Waals surface area contributed by atoms with Crippen LogP contribution in [0.1, 0.15) is 30.6 Å². The number of hydrogen-bond donors (Lipinski definition) is 3. The minimum atomic E-state index is -1.03. The molecule has 18 heavy (non-hydrogen) atoms. The normalized spacial score (nSPS) is 13.7. The van der Waals surface area contributed by atoms with E-state index in [2.05, 4.69) is 10.3 Å². The highest BCUT2D eigenvalue weighted by molar-refractivity contribution is 5.94. The van der Waals surface area contributed by atoms with Crippen molar-refractivity contribution in [3.8, 4) is 0 Å². The SMILES string of the molecule is CCC(C)(CNC(=O)c1c[nH]ccc1=O)C(=O)O. The summed E-state index contributed by atoms with van der Waals surface area (Å²) < 4.78 is 0. The molecule has 0 bridgehead atoms. The number of nitrogens with one attached hydrogen (secondary N) is 2. The Labute approximate surface area is 104 Å². The molecule has 0 saturated carbocycles. The van der Waals surface area contributed by atoms with Crippen LogP contribution in [0.4, 0.5) is 0 Å². The van der Waals surface area contributed by atoms with Gasteiger partial charge in [0.1, 0.15) is 5.56 Å². The zero-order valence-electron chi connectivity index (χ0n) is 10.3. The van der Waals surface area contributed by atoms with E-state index in [1.165, 1.54) is 18.5 Å². The lowest BCUT2D eigenvalue weighted by molar-refractivity contribution is -0.147. The molecule has 6 nitrogen and oxygen atoms in total. The molecule has 0 fully saturated rings. The zero-order chi connectivity index (χ0) is 13.8. The number of carboxylic acids is 1. The quantitative estimate of drug-likeness (QED) is 0.714. The first-order valence-electron chi connectivity index (χ1n) is 5.59. The predicted molar refractivity (Wildman–Crippen MR) is 65.4 cm³/mol. The second kappa shape index (κ2) is 5.48. The van der Waals surface area contributed by atoms with E-state index in [1.807, 2.05) is 0 Å². The maximum atomic E-state index is 11.7. The van der Waals surface area contributed by atoms with E-state index >= 15 is 0 Å². The number of amides is 1. The van der Waals surface area contributed by atoms with Crippen molar-refractivity contribution in [2.75, 3.05) is 6.54 Å². The molecule has 1 aromatic heterocycles. The molecule has 0 aliphatic carbocycles. The Balaban J connectivity index is 2.76. The van der Waals surface area contributed by atoms with Gasteiger partial charge in [-0.15, -0.1) is 0 Å². The van der Waals surface area contributed by atoms with Gasteiger partial charge in [-0.2, -0.15) is 0 Å². The summed E-state index contributed by atoms with van der Waals surface area (Å²) in [6, 6.07) is 1.24. The number of aromatic nitrogens is 1. The van der Waals surface area contributed by atoms with Gasteiger partial charge in [0.25, 0.3) is 5.91 Å². The maximum Gasteiger partial charge on any atom is 0.311 e. The van der Waals surface area contributed by atoms with Crippen molar-refractivity contribution in [1.82, 2.24) is 10.3 Å². The molecule has 1 unspecified atom stereocenters. The Bertz CT molecular complexity index is 509. The predicted octanol–water partition coefficient (Wildman–Crippen LogP) is 0.606. The van der Waals surface area contributed by atoms with Crippen LogP contribution < -0.4 is 10.7 Å². The van der Waals surface area contributed by atoms with Gasteiger partial charge in [0, 0.05) is 25.0 Å². The molecule has 0 aliphatic rings. The van der Waals surface area contributed by atoms with Crippen molar-refractivity contribution in [1.29, 1.82) is 0 Å². The Morgan fingerprint density at radius 3 is 2.67 bits per heavy atom. The van der Waals surface area contributed by atoms with Gasteiger partial charge in [-0.1, -0.05) is 6.92 Å². The number of aromatic amines is 1. The third-order valence-corrected chi connectivity index (χ3v) is 3.00. The molecule has 0 radical (unpaired) electrons. The summed E-state index contributed by atoms with van der Waals surface area (Å²) >= 11 is 0. The highest BCUT2D eigenvalue weighted by Gasteiger charge is 2.31. The molecule has 1 heterocycles. The molecule has 0 aromatic carbocycles. The molecule has 0 spiro atoms. The number of carboxylic acid groups (broad SMARTS) is 1. The number of rotatable bonds is 5. The molecule has 1 atom stereocenters. The van der Waals surface area contributed by atoms with Gasteiger partial charge in [0.2, 0.25) is 0 Å². The van der Waals surface area contributed by atoms with Crippen LogP contribution in [-0.4, -0.2) is 28.5 Å². The first-order valence-corrected chi connectivity index (χ1v) is 5.59. The van der Waals surface area contributed by atoms with Crippen LogP contribution in [0.15, 0.2) is 23.3 Å². The van der Waals surface area contributed by atoms with Gasteiger partial charge < -0.3 is 15.4 Å². The van der Waals surface area contributed by atoms with Gasteiger partial charge in [-0.05, 0) is 13.3 Å². The lowest BCUT2D eigenvalue weighted by atomic mass is 9.87. The van der Waals surface area contributed by atoms with Gasteiger partial charge >= 0.3 is 5.97 Å². The van der Waals surface area contributed by atoms with Crippen molar-refractivity contribution in [2.45, 2.75) is 20.3 Å². The van der Waals surface area contributed by atoms with Crippen molar-refractivity contribution >= 4 is 11.9 Å². The molecule has 1 aromatic rings. The Morgan fingerprint density at radius 2 is 2.17 bits per heavy atom. The fraction of sp³-hybridized carbons (Fsp3) is 0.417. The smallest absolute Gasteiger partial charge is 0.311 e. The second-order valence-electron chi connectivity index (χ2n) is 4.32. The van der Waals surface area contributed by atoms with Crippen molar-refractivity contribution in [3.63, 3.8) is 0 Å². The lowest BCUT2D eigenvalue weighted by Crippen LogP contribution is -2.41. The monoisotopic (exact) mass is 252 g/mol. The first kappa shape index (κ1) is 14.0. The summed E-state index contributed by atoms with van der Waals surface area (Å²) in [6.07, 6.45) is 3.10. The number of hydrogen-bond acceptors (Lipinski definition) is 3. The summed E-state index contributed by atoms with van der Waals surface area (Å²) in [5.41, 5.74) is -1.46. The van der Waals surface area contributed by atoms with E-state index in [0.29, 0.717) is 6.42 Å². The Hall–Kier alpha value is -2.11. The van der Waals surface area contributed by atoms with Crippen molar-refractivity contribution < 1.29 is 14.7 Å².